The van der Waals surface area contributed by atoms with Crippen LogP contribution in [0.15, 0.2) is 48.5 Å². The molecule has 0 spiro atoms. The number of rotatable bonds is 2. The van der Waals surface area contributed by atoms with Crippen LogP contribution in [0, 0.1) is 12.7 Å². The summed E-state index contributed by atoms with van der Waals surface area (Å²) >= 11 is 0. The van der Waals surface area contributed by atoms with Gasteiger partial charge in [0.2, 0.25) is 0 Å². The van der Waals surface area contributed by atoms with Crippen LogP contribution in [-0.4, -0.2) is 30.2 Å². The second kappa shape index (κ2) is 7.66. The Balaban J connectivity index is 0.00000100. The van der Waals surface area contributed by atoms with Gasteiger partial charge in [-0.3, -0.25) is 4.79 Å². The van der Waals surface area contributed by atoms with Crippen molar-refractivity contribution >= 4 is 16.7 Å². The van der Waals surface area contributed by atoms with Crippen molar-refractivity contribution in [3.63, 3.8) is 0 Å². The van der Waals surface area contributed by atoms with Crippen LogP contribution in [0.4, 0.5) is 4.39 Å². The van der Waals surface area contributed by atoms with Crippen LogP contribution in [-0.2, 0) is 0 Å². The summed E-state index contributed by atoms with van der Waals surface area (Å²) in [7, 11) is 2.56. The first-order valence-corrected chi connectivity index (χ1v) is 7.44. The minimum absolute atomic E-state index is 0.284. The predicted molar refractivity (Wildman–Crippen MR) is 93.4 cm³/mol. The summed E-state index contributed by atoms with van der Waals surface area (Å²) in [6.45, 7) is 1.87. The molecule has 0 atom stereocenters. The fourth-order valence-corrected chi connectivity index (χ4v) is 2.65. The van der Waals surface area contributed by atoms with E-state index in [0.29, 0.717) is 16.8 Å². The van der Waals surface area contributed by atoms with Crippen LogP contribution in [0.1, 0.15) is 16.2 Å². The van der Waals surface area contributed by atoms with E-state index in [4.69, 9.17) is 5.11 Å². The third-order valence-corrected chi connectivity index (χ3v) is 3.66. The van der Waals surface area contributed by atoms with Gasteiger partial charge in [0.1, 0.15) is 11.5 Å². The Kier molecular flexibility index (Phi) is 5.60. The fourth-order valence-electron chi connectivity index (χ4n) is 2.65. The van der Waals surface area contributed by atoms with Crippen molar-refractivity contribution in [3.05, 3.63) is 65.7 Å². The molecule has 1 aromatic heterocycles. The number of amides is 1. The van der Waals surface area contributed by atoms with Crippen LogP contribution in [0.2, 0.25) is 0 Å². The van der Waals surface area contributed by atoms with E-state index in [0.717, 1.165) is 23.6 Å². The first-order valence-electron chi connectivity index (χ1n) is 7.44. The maximum Gasteiger partial charge on any atom is 0.270 e. The number of hydrogen-bond acceptors (Lipinski definition) is 3. The lowest BCUT2D eigenvalue weighted by Crippen LogP contribution is -2.21. The second-order valence-corrected chi connectivity index (χ2v) is 5.06. The van der Waals surface area contributed by atoms with Crippen molar-refractivity contribution in [2.45, 2.75) is 6.92 Å². The van der Waals surface area contributed by atoms with Gasteiger partial charge in [-0.2, -0.15) is 0 Å². The Hall–Kier alpha value is -2.79. The van der Waals surface area contributed by atoms with Crippen molar-refractivity contribution in [2.75, 3.05) is 14.2 Å². The lowest BCUT2D eigenvalue weighted by Gasteiger charge is -2.14. The summed E-state index contributed by atoms with van der Waals surface area (Å²) in [5.74, 6) is -0.627. The van der Waals surface area contributed by atoms with E-state index in [1.54, 1.807) is 19.2 Å². The number of halogens is 1. The van der Waals surface area contributed by atoms with E-state index in [-0.39, 0.29) is 11.7 Å². The number of carbonyl (C=O) groups is 1. The van der Waals surface area contributed by atoms with E-state index in [2.05, 4.69) is 10.3 Å². The minimum atomic E-state index is -0.343. The van der Waals surface area contributed by atoms with E-state index in [1.807, 2.05) is 31.2 Å². The molecule has 0 saturated carbocycles. The number of aliphatic hydroxyl groups excluding tert-OH is 1. The topological polar surface area (TPSA) is 62.2 Å². The van der Waals surface area contributed by atoms with Gasteiger partial charge >= 0.3 is 0 Å². The molecule has 0 aliphatic rings. The zero-order valence-electron chi connectivity index (χ0n) is 13.8. The van der Waals surface area contributed by atoms with Crippen molar-refractivity contribution < 1.29 is 14.3 Å². The maximum absolute atomic E-state index is 13.6. The zero-order chi connectivity index (χ0) is 17.7. The van der Waals surface area contributed by atoms with Crippen molar-refractivity contribution in [1.29, 1.82) is 0 Å². The first-order chi connectivity index (χ1) is 11.6. The van der Waals surface area contributed by atoms with Crippen LogP contribution in [0.5, 0.6) is 0 Å². The van der Waals surface area contributed by atoms with Crippen molar-refractivity contribution in [3.8, 4) is 11.1 Å². The van der Waals surface area contributed by atoms with Crippen molar-refractivity contribution in [2.24, 2.45) is 0 Å². The van der Waals surface area contributed by atoms with Gasteiger partial charge in [-0.05, 0) is 30.0 Å². The molecule has 2 N–H and O–H groups in total. The number of fused-ring (bicyclic) bond motifs is 1. The number of benzene rings is 2. The van der Waals surface area contributed by atoms with Crippen LogP contribution >= 0.6 is 0 Å². The molecule has 0 bridgehead atoms. The largest absolute Gasteiger partial charge is 0.400 e. The first kappa shape index (κ1) is 17.6. The number of nitrogens with zero attached hydrogens (tertiary/aromatic N) is 1. The number of carbonyl (C=O) groups excluding carboxylic acids is 1. The maximum atomic E-state index is 13.6. The second-order valence-electron chi connectivity index (χ2n) is 5.06. The summed E-state index contributed by atoms with van der Waals surface area (Å²) in [4.78, 5) is 16.7. The minimum Gasteiger partial charge on any atom is -0.400 e. The van der Waals surface area contributed by atoms with Gasteiger partial charge in [0.05, 0.1) is 0 Å². The Labute approximate surface area is 140 Å². The summed E-state index contributed by atoms with van der Waals surface area (Å²) in [6.07, 6.45) is 0. The van der Waals surface area contributed by atoms with E-state index >= 15 is 0 Å². The molecule has 1 amide bonds. The average Bonchev–Trinajstić information content (AvgIpc) is 2.62. The quantitative estimate of drug-likeness (QED) is 0.759. The number of nitrogens with one attached hydrogen (secondary N) is 1. The highest BCUT2D eigenvalue weighted by molar-refractivity contribution is 6.08. The van der Waals surface area contributed by atoms with Gasteiger partial charge in [0, 0.05) is 30.8 Å². The smallest absolute Gasteiger partial charge is 0.270 e. The third-order valence-electron chi connectivity index (χ3n) is 3.66. The Morgan fingerprint density at radius 1 is 1.08 bits per heavy atom. The summed E-state index contributed by atoms with van der Waals surface area (Å²) < 4.78 is 13.6. The molecular formula is C19H19FN2O2. The Morgan fingerprint density at radius 3 is 2.38 bits per heavy atom. The fraction of sp³-hybridized carbons (Fsp3) is 0.158. The summed E-state index contributed by atoms with van der Waals surface area (Å²) in [5, 5.41) is 11.4. The molecule has 0 aliphatic carbocycles. The molecule has 4 nitrogen and oxygen atoms in total. The Morgan fingerprint density at radius 2 is 1.75 bits per heavy atom. The number of aliphatic hydroxyl groups is 1. The molecule has 24 heavy (non-hydrogen) atoms. The number of pyridine rings is 1. The molecule has 0 fully saturated rings. The lowest BCUT2D eigenvalue weighted by atomic mass is 9.95. The van der Waals surface area contributed by atoms with Crippen molar-refractivity contribution in [1.82, 2.24) is 10.3 Å². The molecule has 0 saturated heterocycles. The molecule has 124 valence electrons. The molecule has 0 unspecified atom stereocenters. The zero-order valence-corrected chi connectivity index (χ0v) is 13.8. The van der Waals surface area contributed by atoms with Gasteiger partial charge < -0.3 is 10.4 Å². The van der Waals surface area contributed by atoms with Crippen LogP contribution in [0.25, 0.3) is 21.9 Å². The number of aryl methyl sites for hydroxylation is 1. The van der Waals surface area contributed by atoms with Gasteiger partial charge in [0.25, 0.3) is 5.91 Å². The third kappa shape index (κ3) is 3.26. The van der Waals surface area contributed by atoms with E-state index < -0.39 is 0 Å². The highest BCUT2D eigenvalue weighted by atomic mass is 19.1. The predicted octanol–water partition coefficient (Wildman–Crippen LogP) is 3.32. The standard InChI is InChI=1S/C18H15FN2O.CH4O/c1-11-14-8-3-4-9-15(14)16(17(21-11)18(22)20-2)12-6-5-7-13(19)10-12;1-2/h3-10H,1-2H3,(H,20,22);2H,1H3. The monoisotopic (exact) mass is 326 g/mol. The summed E-state index contributed by atoms with van der Waals surface area (Å²) in [5.41, 5.74) is 2.38. The van der Waals surface area contributed by atoms with Gasteiger partial charge in [-0.1, -0.05) is 36.4 Å². The van der Waals surface area contributed by atoms with Gasteiger partial charge in [-0.25, -0.2) is 9.37 Å². The molecule has 5 heteroatoms. The molecule has 3 rings (SSSR count). The molecule has 3 aromatic rings. The van der Waals surface area contributed by atoms with E-state index in [1.165, 1.54) is 12.1 Å². The normalized spacial score (nSPS) is 10.0. The lowest BCUT2D eigenvalue weighted by molar-refractivity contribution is 0.0959. The van der Waals surface area contributed by atoms with Gasteiger partial charge in [-0.15, -0.1) is 0 Å². The highest BCUT2D eigenvalue weighted by Crippen LogP contribution is 2.32. The summed E-state index contributed by atoms with van der Waals surface area (Å²) in [6, 6.07) is 13.9. The molecule has 0 aliphatic heterocycles. The van der Waals surface area contributed by atoms with Crippen LogP contribution in [0.3, 0.4) is 0 Å². The number of hydrogen-bond donors (Lipinski definition) is 2. The molecule has 1 heterocycles. The molecule has 0 radical (unpaired) electrons. The molecule has 2 aromatic carbocycles. The van der Waals surface area contributed by atoms with Gasteiger partial charge in [0.15, 0.2) is 0 Å². The SMILES string of the molecule is CNC(=O)c1nc(C)c2ccccc2c1-c1cccc(F)c1.CO. The number of aromatic nitrogens is 1. The Bertz CT molecular complexity index is 878. The average molecular weight is 326 g/mol. The van der Waals surface area contributed by atoms with Crippen LogP contribution < -0.4 is 5.32 Å². The van der Waals surface area contributed by atoms with E-state index in [9.17, 15) is 9.18 Å². The highest BCUT2D eigenvalue weighted by Gasteiger charge is 2.18. The molecular weight excluding hydrogens is 307 g/mol.